The highest BCUT2D eigenvalue weighted by molar-refractivity contribution is 5.63. The SMILES string of the molecule is CC(=O)O.CC(=O)O.CC(=O)O.N.N.NCCN. The van der Waals surface area contributed by atoms with E-state index in [0.717, 1.165) is 20.8 Å². The van der Waals surface area contributed by atoms with Gasteiger partial charge >= 0.3 is 0 Å². The maximum Gasteiger partial charge on any atom is 0.300 e. The molecule has 0 aliphatic rings. The molecule has 0 radical (unpaired) electrons. The third-order valence-electron chi connectivity index (χ3n) is 0.167. The lowest BCUT2D eigenvalue weighted by molar-refractivity contribution is -0.135. The first-order valence-electron chi connectivity index (χ1n) is 4.10. The second kappa shape index (κ2) is 36.2. The molecule has 10 heteroatoms. The van der Waals surface area contributed by atoms with Crippen molar-refractivity contribution in [2.45, 2.75) is 20.8 Å². The molecular weight excluding hydrogens is 248 g/mol. The Labute approximate surface area is 106 Å². The zero-order valence-corrected chi connectivity index (χ0v) is 11.0. The highest BCUT2D eigenvalue weighted by atomic mass is 16.4. The van der Waals surface area contributed by atoms with Gasteiger partial charge in [-0.15, -0.1) is 0 Å². The lowest BCUT2D eigenvalue weighted by Crippen LogP contribution is -2.11. The van der Waals surface area contributed by atoms with Crippen molar-refractivity contribution in [3.8, 4) is 0 Å². The molecule has 0 bridgehead atoms. The van der Waals surface area contributed by atoms with Gasteiger partial charge in [0.15, 0.2) is 0 Å². The van der Waals surface area contributed by atoms with Crippen LogP contribution in [0.4, 0.5) is 0 Å². The zero-order valence-electron chi connectivity index (χ0n) is 11.0. The summed E-state index contributed by atoms with van der Waals surface area (Å²) in [4.78, 5) is 27.0. The van der Waals surface area contributed by atoms with Crippen LogP contribution >= 0.6 is 0 Å². The molecule has 0 saturated carbocycles. The summed E-state index contributed by atoms with van der Waals surface area (Å²) in [6, 6.07) is 0. The van der Waals surface area contributed by atoms with E-state index < -0.39 is 17.9 Å². The van der Waals surface area contributed by atoms with E-state index >= 15 is 0 Å². The Morgan fingerprint density at radius 3 is 0.778 bits per heavy atom. The molecule has 0 unspecified atom stereocenters. The maximum atomic E-state index is 9.00. The lowest BCUT2D eigenvalue weighted by atomic mass is 10.7. The Morgan fingerprint density at radius 2 is 0.778 bits per heavy atom. The molecule has 10 nitrogen and oxygen atoms in total. The third kappa shape index (κ3) is 4450. The Kier molecular flexibility index (Phi) is 72.3. The van der Waals surface area contributed by atoms with Crippen molar-refractivity contribution >= 4 is 17.9 Å². The van der Waals surface area contributed by atoms with E-state index in [4.69, 9.17) is 41.2 Å². The molecule has 0 aliphatic heterocycles. The minimum atomic E-state index is -0.833. The number of aliphatic carboxylic acids is 3. The smallest absolute Gasteiger partial charge is 0.300 e. The molecule has 0 aromatic heterocycles. The van der Waals surface area contributed by atoms with Crippen molar-refractivity contribution in [1.29, 1.82) is 0 Å². The number of rotatable bonds is 1. The van der Waals surface area contributed by atoms with E-state index in [1.54, 1.807) is 0 Å². The summed E-state index contributed by atoms with van der Waals surface area (Å²) >= 11 is 0. The summed E-state index contributed by atoms with van der Waals surface area (Å²) in [5.74, 6) is -2.50. The molecule has 0 atom stereocenters. The maximum absolute atomic E-state index is 9.00. The fraction of sp³-hybridized carbons (Fsp3) is 0.625. The van der Waals surface area contributed by atoms with Gasteiger partial charge in [0.25, 0.3) is 17.9 Å². The summed E-state index contributed by atoms with van der Waals surface area (Å²) in [6.45, 7) is 4.44. The molecule has 0 amide bonds. The standard InChI is InChI=1S/C2H8N2.3C2H4O2.2H3N/c3-1-2-4;3*1-2(3)4;;/h1-4H2;3*1H3,(H,3,4);2*1H3. The van der Waals surface area contributed by atoms with Gasteiger partial charge in [-0.2, -0.15) is 0 Å². The van der Waals surface area contributed by atoms with Crippen LogP contribution in [0.5, 0.6) is 0 Å². The van der Waals surface area contributed by atoms with E-state index in [0.29, 0.717) is 13.1 Å². The average Bonchev–Trinajstić information content (AvgIpc) is 2.00. The van der Waals surface area contributed by atoms with E-state index in [1.807, 2.05) is 0 Å². The third-order valence-corrected chi connectivity index (χ3v) is 0.167. The number of carbonyl (C=O) groups is 3. The van der Waals surface area contributed by atoms with E-state index in [2.05, 4.69) is 0 Å². The van der Waals surface area contributed by atoms with E-state index in [1.165, 1.54) is 0 Å². The quantitative estimate of drug-likeness (QED) is 0.323. The number of nitrogens with two attached hydrogens (primary N) is 2. The van der Waals surface area contributed by atoms with Gasteiger partial charge in [0.2, 0.25) is 0 Å². The number of carboxylic acids is 3. The molecule has 0 rings (SSSR count). The largest absolute Gasteiger partial charge is 0.481 e. The van der Waals surface area contributed by atoms with Crippen LogP contribution in [0.15, 0.2) is 0 Å². The van der Waals surface area contributed by atoms with E-state index in [-0.39, 0.29) is 12.3 Å². The van der Waals surface area contributed by atoms with Crippen molar-refractivity contribution in [1.82, 2.24) is 12.3 Å². The van der Waals surface area contributed by atoms with Crippen LogP contribution < -0.4 is 23.8 Å². The summed E-state index contributed by atoms with van der Waals surface area (Å²) in [5.41, 5.74) is 9.81. The Hall–Kier alpha value is -1.75. The van der Waals surface area contributed by atoms with Gasteiger partial charge < -0.3 is 39.1 Å². The second-order valence-electron chi connectivity index (χ2n) is 2.13. The van der Waals surface area contributed by atoms with E-state index in [9.17, 15) is 0 Å². The van der Waals surface area contributed by atoms with Crippen LogP contribution in [0.1, 0.15) is 20.8 Å². The van der Waals surface area contributed by atoms with Gasteiger partial charge in [-0.1, -0.05) is 0 Å². The molecule has 0 saturated heterocycles. The molecule has 0 heterocycles. The first kappa shape index (κ1) is 36.0. The molecule has 0 aromatic carbocycles. The minimum absolute atomic E-state index is 0. The molecule has 0 aliphatic carbocycles. The highest BCUT2D eigenvalue weighted by Gasteiger charge is 1.66. The highest BCUT2D eigenvalue weighted by Crippen LogP contribution is 1.42. The zero-order chi connectivity index (χ0) is 14.1. The molecule has 0 aromatic rings. The Morgan fingerprint density at radius 1 is 0.722 bits per heavy atom. The molecule has 0 spiro atoms. The molecule has 18 heavy (non-hydrogen) atoms. The van der Waals surface area contributed by atoms with Crippen LogP contribution in [-0.2, 0) is 14.4 Å². The summed E-state index contributed by atoms with van der Waals surface area (Å²) in [5, 5.41) is 22.2. The van der Waals surface area contributed by atoms with Crippen molar-refractivity contribution in [3.05, 3.63) is 0 Å². The first-order chi connectivity index (χ1) is 7.11. The van der Waals surface area contributed by atoms with Crippen LogP contribution in [0, 0.1) is 0 Å². The predicted octanol–water partition coefficient (Wildman–Crippen LogP) is -0.499. The second-order valence-corrected chi connectivity index (χ2v) is 2.13. The molecule has 13 N–H and O–H groups in total. The van der Waals surface area contributed by atoms with Crippen LogP contribution in [0.2, 0.25) is 0 Å². The average molecular weight is 274 g/mol. The normalized spacial score (nSPS) is 5.83. The van der Waals surface area contributed by atoms with Gasteiger partial charge in [-0.3, -0.25) is 14.4 Å². The molecule has 0 fully saturated rings. The van der Waals surface area contributed by atoms with Crippen molar-refractivity contribution in [3.63, 3.8) is 0 Å². The predicted molar refractivity (Wildman–Crippen MR) is 68.1 cm³/mol. The number of carboxylic acid groups (broad SMARTS) is 3. The summed E-state index contributed by atoms with van der Waals surface area (Å²) in [6.07, 6.45) is 0. The van der Waals surface area contributed by atoms with Crippen LogP contribution in [-0.4, -0.2) is 46.3 Å². The minimum Gasteiger partial charge on any atom is -0.481 e. The van der Waals surface area contributed by atoms with Crippen molar-refractivity contribution < 1.29 is 29.7 Å². The Balaban J connectivity index is -0.0000000257. The lowest BCUT2D eigenvalue weighted by Gasteiger charge is -1.72. The Bertz CT molecular complexity index is 146. The van der Waals surface area contributed by atoms with Crippen molar-refractivity contribution in [2.24, 2.45) is 11.5 Å². The van der Waals surface area contributed by atoms with Crippen LogP contribution in [0.3, 0.4) is 0 Å². The van der Waals surface area contributed by atoms with Gasteiger partial charge in [0.05, 0.1) is 0 Å². The number of hydrogen-bond donors (Lipinski definition) is 7. The van der Waals surface area contributed by atoms with Gasteiger partial charge in [-0.25, -0.2) is 0 Å². The van der Waals surface area contributed by atoms with Gasteiger partial charge in [-0.05, 0) is 0 Å². The first-order valence-corrected chi connectivity index (χ1v) is 4.10. The molecular formula is C8H26N4O6. The number of hydrogen-bond acceptors (Lipinski definition) is 7. The summed E-state index contributed by atoms with van der Waals surface area (Å²) < 4.78 is 0. The summed E-state index contributed by atoms with van der Waals surface area (Å²) in [7, 11) is 0. The molecule has 114 valence electrons. The van der Waals surface area contributed by atoms with Gasteiger partial charge in [0, 0.05) is 33.9 Å². The van der Waals surface area contributed by atoms with Crippen molar-refractivity contribution in [2.75, 3.05) is 13.1 Å². The fourth-order valence-electron chi connectivity index (χ4n) is 0. The van der Waals surface area contributed by atoms with Crippen LogP contribution in [0.25, 0.3) is 0 Å². The monoisotopic (exact) mass is 274 g/mol. The topological polar surface area (TPSA) is 234 Å². The fourth-order valence-corrected chi connectivity index (χ4v) is 0. The van der Waals surface area contributed by atoms with Gasteiger partial charge in [0.1, 0.15) is 0 Å².